The van der Waals surface area contributed by atoms with E-state index in [1.54, 1.807) is 0 Å². The molecule has 0 spiro atoms. The Morgan fingerprint density at radius 1 is 0.750 bits per heavy atom. The highest BCUT2D eigenvalue weighted by Crippen LogP contribution is 2.16. The third-order valence-corrected chi connectivity index (χ3v) is 3.77. The molecule has 3 rings (SSSR count). The number of nitrogens with zero attached hydrogens (tertiary/aromatic N) is 1. The van der Waals surface area contributed by atoms with Crippen molar-refractivity contribution in [2.24, 2.45) is 0 Å². The Morgan fingerprint density at radius 2 is 1.45 bits per heavy atom. The van der Waals surface area contributed by atoms with Crippen molar-refractivity contribution >= 4 is 15.9 Å². The first-order chi connectivity index (χ1) is 9.81. The molecule has 0 aliphatic rings. The van der Waals surface area contributed by atoms with Gasteiger partial charge in [0, 0.05) is 21.7 Å². The van der Waals surface area contributed by atoms with Crippen LogP contribution in [0.1, 0.15) is 5.56 Å². The predicted molar refractivity (Wildman–Crippen MR) is 85.3 cm³/mol. The average Bonchev–Trinajstić information content (AvgIpc) is 2.51. The molecule has 0 unspecified atom stereocenters. The Hall–Kier alpha value is -1.93. The number of halogens is 1. The van der Waals surface area contributed by atoms with Crippen molar-refractivity contribution in [3.05, 3.63) is 89.2 Å². The maximum Gasteiger partial charge on any atom is 0.176 e. The Morgan fingerprint density at radius 3 is 2.20 bits per heavy atom. The van der Waals surface area contributed by atoms with Crippen LogP contribution in [0.25, 0.3) is 11.1 Å². The topological polar surface area (TPSA) is 3.88 Å². The van der Waals surface area contributed by atoms with Crippen LogP contribution in [0, 0.1) is 0 Å². The molecule has 0 atom stereocenters. The fourth-order valence-electron chi connectivity index (χ4n) is 2.22. The van der Waals surface area contributed by atoms with Crippen molar-refractivity contribution in [1.82, 2.24) is 0 Å². The minimum atomic E-state index is 0.883. The molecule has 0 amide bonds. The molecule has 2 aromatic carbocycles. The highest BCUT2D eigenvalue weighted by atomic mass is 79.9. The molecule has 1 heterocycles. The maximum atomic E-state index is 3.47. The van der Waals surface area contributed by atoms with Crippen molar-refractivity contribution in [2.75, 3.05) is 0 Å². The van der Waals surface area contributed by atoms with E-state index in [4.69, 9.17) is 0 Å². The van der Waals surface area contributed by atoms with Crippen molar-refractivity contribution in [3.63, 3.8) is 0 Å². The van der Waals surface area contributed by atoms with E-state index in [2.05, 4.69) is 93.6 Å². The lowest BCUT2D eigenvalue weighted by Gasteiger charge is -2.02. The van der Waals surface area contributed by atoms with E-state index >= 15 is 0 Å². The first-order valence-corrected chi connectivity index (χ1v) is 7.39. The molecule has 98 valence electrons. The molecule has 0 aliphatic heterocycles. The predicted octanol–water partition coefficient (Wildman–Crippen LogP) is 4.45. The summed E-state index contributed by atoms with van der Waals surface area (Å²) in [5.41, 5.74) is 3.78. The fraction of sp³-hybridized carbons (Fsp3) is 0.0556. The van der Waals surface area contributed by atoms with Crippen molar-refractivity contribution in [2.45, 2.75) is 6.54 Å². The molecule has 20 heavy (non-hydrogen) atoms. The van der Waals surface area contributed by atoms with Crippen LogP contribution in [0.5, 0.6) is 0 Å². The second kappa shape index (κ2) is 6.02. The van der Waals surface area contributed by atoms with Crippen LogP contribution in [0.4, 0.5) is 0 Å². The normalized spacial score (nSPS) is 10.4. The Bertz CT molecular complexity index is 690. The summed E-state index contributed by atoms with van der Waals surface area (Å²) in [7, 11) is 0. The van der Waals surface area contributed by atoms with Gasteiger partial charge in [-0.15, -0.1) is 0 Å². The monoisotopic (exact) mass is 324 g/mol. The highest BCUT2D eigenvalue weighted by Gasteiger charge is 2.05. The number of benzene rings is 2. The Kier molecular flexibility index (Phi) is 3.93. The van der Waals surface area contributed by atoms with Crippen LogP contribution in [-0.2, 0) is 6.54 Å². The zero-order valence-corrected chi connectivity index (χ0v) is 12.6. The summed E-state index contributed by atoms with van der Waals surface area (Å²) in [4.78, 5) is 0. The third kappa shape index (κ3) is 3.14. The van der Waals surface area contributed by atoms with Gasteiger partial charge in [-0.3, -0.25) is 0 Å². The molecule has 0 bridgehead atoms. The van der Waals surface area contributed by atoms with E-state index in [1.165, 1.54) is 16.7 Å². The summed E-state index contributed by atoms with van der Waals surface area (Å²) in [6, 6.07) is 23.2. The van der Waals surface area contributed by atoms with Gasteiger partial charge in [0.05, 0.1) is 0 Å². The van der Waals surface area contributed by atoms with Gasteiger partial charge in [0.1, 0.15) is 0 Å². The van der Waals surface area contributed by atoms with Gasteiger partial charge in [0.15, 0.2) is 18.9 Å². The van der Waals surface area contributed by atoms with Crippen LogP contribution in [0.15, 0.2) is 83.6 Å². The fourth-order valence-corrected chi connectivity index (χ4v) is 2.49. The quantitative estimate of drug-likeness (QED) is 0.626. The molecule has 0 aliphatic carbocycles. The van der Waals surface area contributed by atoms with Gasteiger partial charge in [0.25, 0.3) is 0 Å². The van der Waals surface area contributed by atoms with E-state index in [1.807, 2.05) is 6.07 Å². The Labute approximate surface area is 127 Å². The van der Waals surface area contributed by atoms with E-state index in [9.17, 15) is 0 Å². The van der Waals surface area contributed by atoms with Crippen LogP contribution in [0.3, 0.4) is 0 Å². The molecule has 3 aromatic rings. The molecule has 0 N–H and O–H groups in total. The van der Waals surface area contributed by atoms with Crippen LogP contribution in [0.2, 0.25) is 0 Å². The summed E-state index contributed by atoms with van der Waals surface area (Å²) in [6.45, 7) is 0.883. The first-order valence-electron chi connectivity index (χ1n) is 6.60. The highest BCUT2D eigenvalue weighted by molar-refractivity contribution is 9.10. The Balaban J connectivity index is 1.86. The van der Waals surface area contributed by atoms with E-state index in [0.29, 0.717) is 0 Å². The van der Waals surface area contributed by atoms with Gasteiger partial charge in [0.2, 0.25) is 0 Å². The second-order valence-corrected chi connectivity index (χ2v) is 5.67. The van der Waals surface area contributed by atoms with Crippen molar-refractivity contribution in [3.8, 4) is 11.1 Å². The number of rotatable bonds is 3. The van der Waals surface area contributed by atoms with Gasteiger partial charge >= 0.3 is 0 Å². The largest absolute Gasteiger partial charge is 0.200 e. The molecule has 0 saturated heterocycles. The van der Waals surface area contributed by atoms with Crippen LogP contribution < -0.4 is 4.57 Å². The zero-order valence-electron chi connectivity index (χ0n) is 11.0. The summed E-state index contributed by atoms with van der Waals surface area (Å²) < 4.78 is 3.33. The number of aromatic nitrogens is 1. The first kappa shape index (κ1) is 13.1. The standard InChI is InChI=1S/C18H15BrN/c19-18-10-8-15(9-11-18)13-20-12-4-7-17(14-20)16-5-2-1-3-6-16/h1-12,14H,13H2/q+1. The lowest BCUT2D eigenvalue weighted by Crippen LogP contribution is -2.33. The van der Waals surface area contributed by atoms with Crippen molar-refractivity contribution < 1.29 is 4.57 Å². The summed E-state index contributed by atoms with van der Waals surface area (Å²) in [5, 5.41) is 0. The second-order valence-electron chi connectivity index (χ2n) is 4.76. The molecule has 0 radical (unpaired) electrons. The van der Waals surface area contributed by atoms with E-state index < -0.39 is 0 Å². The van der Waals surface area contributed by atoms with Gasteiger partial charge in [-0.25, -0.2) is 4.57 Å². The SMILES string of the molecule is Brc1ccc(C[n+]2cccc(-c3ccccc3)c2)cc1. The molecular formula is C18H15BrN+. The van der Waals surface area contributed by atoms with Crippen LogP contribution >= 0.6 is 15.9 Å². The number of hydrogen-bond acceptors (Lipinski definition) is 0. The number of pyridine rings is 1. The molecule has 2 heteroatoms. The minimum absolute atomic E-state index is 0.883. The lowest BCUT2D eigenvalue weighted by atomic mass is 10.1. The summed E-state index contributed by atoms with van der Waals surface area (Å²) in [6.07, 6.45) is 4.30. The van der Waals surface area contributed by atoms with E-state index in [-0.39, 0.29) is 0 Å². The van der Waals surface area contributed by atoms with Crippen LogP contribution in [-0.4, -0.2) is 0 Å². The lowest BCUT2D eigenvalue weighted by molar-refractivity contribution is -0.687. The molecular weight excluding hydrogens is 310 g/mol. The molecule has 1 nitrogen and oxygen atoms in total. The van der Waals surface area contributed by atoms with Gasteiger partial charge in [-0.2, -0.15) is 0 Å². The van der Waals surface area contributed by atoms with Gasteiger partial charge in [-0.1, -0.05) is 58.4 Å². The smallest absolute Gasteiger partial charge is 0.176 e. The average molecular weight is 325 g/mol. The van der Waals surface area contributed by atoms with Crippen molar-refractivity contribution in [1.29, 1.82) is 0 Å². The van der Waals surface area contributed by atoms with Gasteiger partial charge < -0.3 is 0 Å². The summed E-state index contributed by atoms with van der Waals surface area (Å²) >= 11 is 3.47. The molecule has 0 saturated carbocycles. The van der Waals surface area contributed by atoms with Gasteiger partial charge in [-0.05, 0) is 23.8 Å². The zero-order chi connectivity index (χ0) is 13.8. The van der Waals surface area contributed by atoms with E-state index in [0.717, 1.165) is 11.0 Å². The third-order valence-electron chi connectivity index (χ3n) is 3.24. The molecule has 0 fully saturated rings. The molecule has 1 aromatic heterocycles. The summed E-state index contributed by atoms with van der Waals surface area (Å²) in [5.74, 6) is 0. The number of hydrogen-bond donors (Lipinski definition) is 0. The minimum Gasteiger partial charge on any atom is -0.200 e. The maximum absolute atomic E-state index is 3.47.